The normalized spacial score (nSPS) is 26.8. The van der Waals surface area contributed by atoms with Crippen LogP contribution in [-0.4, -0.2) is 57.6 Å². The van der Waals surface area contributed by atoms with Gasteiger partial charge in [0.05, 0.1) is 18.8 Å². The second kappa shape index (κ2) is 8.56. The van der Waals surface area contributed by atoms with Gasteiger partial charge in [-0.1, -0.05) is 0 Å². The molecule has 1 saturated heterocycles. The predicted molar refractivity (Wildman–Crippen MR) is 89.0 cm³/mol. The molecule has 0 spiro atoms. The summed E-state index contributed by atoms with van der Waals surface area (Å²) < 4.78 is 11.7. The van der Waals surface area contributed by atoms with Gasteiger partial charge in [0.1, 0.15) is 18.2 Å². The lowest BCUT2D eigenvalue weighted by atomic mass is 10.1. The molecule has 26 heavy (non-hydrogen) atoms. The van der Waals surface area contributed by atoms with Crippen molar-refractivity contribution >= 4 is 5.97 Å². The van der Waals surface area contributed by atoms with Crippen LogP contribution < -0.4 is 22.5 Å². The van der Waals surface area contributed by atoms with Gasteiger partial charge in [-0.3, -0.25) is 24.0 Å². The Balaban J connectivity index is 1.92. The van der Waals surface area contributed by atoms with Crippen LogP contribution in [0.4, 0.5) is 0 Å². The Bertz CT molecular complexity index is 731. The van der Waals surface area contributed by atoms with E-state index in [4.69, 9.17) is 20.0 Å². The van der Waals surface area contributed by atoms with Gasteiger partial charge < -0.3 is 20.3 Å². The van der Waals surface area contributed by atoms with Crippen molar-refractivity contribution in [3.63, 3.8) is 0 Å². The first-order chi connectivity index (χ1) is 12.2. The summed E-state index contributed by atoms with van der Waals surface area (Å²) in [6, 6.07) is -0.477. The van der Waals surface area contributed by atoms with Gasteiger partial charge in [0.25, 0.3) is 5.56 Å². The molecule has 0 radical (unpaired) electrons. The number of esters is 1. The fourth-order valence-corrected chi connectivity index (χ4v) is 2.42. The first-order valence-electron chi connectivity index (χ1n) is 8.19. The van der Waals surface area contributed by atoms with Gasteiger partial charge in [-0.2, -0.15) is 5.48 Å². The molecule has 5 N–H and O–H groups in total. The number of carbonyl (C=O) groups excluding carboxylic acids is 1. The van der Waals surface area contributed by atoms with Crippen molar-refractivity contribution in [1.29, 1.82) is 0 Å². The summed E-state index contributed by atoms with van der Waals surface area (Å²) >= 11 is 0. The highest BCUT2D eigenvalue weighted by molar-refractivity contribution is 5.75. The number of rotatable bonds is 7. The molecule has 0 unspecified atom stereocenters. The summed E-state index contributed by atoms with van der Waals surface area (Å²) in [6.07, 6.45) is -1.93. The Hall–Kier alpha value is -2.05. The number of hydrogen-bond acceptors (Lipinski definition) is 9. The van der Waals surface area contributed by atoms with Crippen LogP contribution in [0.25, 0.3) is 0 Å². The third kappa shape index (κ3) is 4.77. The second-order valence-corrected chi connectivity index (χ2v) is 6.29. The van der Waals surface area contributed by atoms with Crippen LogP contribution in [0, 0.1) is 0 Å². The number of aromatic nitrogens is 2. The number of H-pyrrole nitrogens is 1. The first kappa shape index (κ1) is 20.3. The van der Waals surface area contributed by atoms with Crippen LogP contribution in [-0.2, 0) is 19.1 Å². The Kier molecular flexibility index (Phi) is 6.67. The van der Waals surface area contributed by atoms with Crippen LogP contribution in [0.15, 0.2) is 21.9 Å². The zero-order chi connectivity index (χ0) is 19.4. The Morgan fingerprint density at radius 1 is 1.46 bits per heavy atom. The molecule has 0 saturated carbocycles. The minimum Gasteiger partial charge on any atom is -0.462 e. The lowest BCUT2D eigenvalue weighted by molar-refractivity contribution is -0.156. The number of hydrogen-bond donors (Lipinski definition) is 4. The quantitative estimate of drug-likeness (QED) is 0.313. The third-order valence-electron chi connectivity index (χ3n) is 3.76. The van der Waals surface area contributed by atoms with E-state index in [0.717, 1.165) is 10.6 Å². The van der Waals surface area contributed by atoms with Crippen LogP contribution in [0.5, 0.6) is 0 Å². The van der Waals surface area contributed by atoms with Crippen molar-refractivity contribution in [2.24, 2.45) is 5.73 Å². The van der Waals surface area contributed by atoms with Crippen molar-refractivity contribution in [3.8, 4) is 0 Å². The number of ether oxygens (including phenoxy) is 2. The molecule has 0 aliphatic carbocycles. The summed E-state index contributed by atoms with van der Waals surface area (Å²) in [5.74, 6) is -0.484. The van der Waals surface area contributed by atoms with Gasteiger partial charge in [-0.05, 0) is 20.8 Å². The zero-order valence-corrected chi connectivity index (χ0v) is 14.7. The maximum atomic E-state index is 11.8. The molecule has 1 aliphatic rings. The molecule has 1 aromatic rings. The molecule has 146 valence electrons. The number of nitrogens with two attached hydrogens (primary N) is 1. The molecule has 1 fully saturated rings. The standard InChI is InChI=1S/C15H24N4O7/c1-7(2)25-14(22)8(3)18-24-6-9-12(21)11(16)13(26-9)19-5-4-10(20)17-15(19)23/h4-5,7-9,11-13,18,21H,6,16H2,1-3H3,(H,17,20,23)/t8-,9+,11+,12+,13+/m0/s1. The first-order valence-corrected chi connectivity index (χ1v) is 8.19. The number of aliphatic hydroxyl groups is 1. The zero-order valence-electron chi connectivity index (χ0n) is 14.7. The molecule has 5 atom stereocenters. The fourth-order valence-electron chi connectivity index (χ4n) is 2.42. The van der Waals surface area contributed by atoms with E-state index in [1.54, 1.807) is 20.8 Å². The van der Waals surface area contributed by atoms with Gasteiger partial charge >= 0.3 is 11.7 Å². The van der Waals surface area contributed by atoms with Crippen LogP contribution in [0.1, 0.15) is 27.0 Å². The largest absolute Gasteiger partial charge is 0.462 e. The number of nitrogens with one attached hydrogen (secondary N) is 2. The maximum Gasteiger partial charge on any atom is 0.330 e. The number of hydroxylamine groups is 1. The molecule has 0 bridgehead atoms. The highest BCUT2D eigenvalue weighted by atomic mass is 16.7. The Morgan fingerprint density at radius 3 is 2.77 bits per heavy atom. The van der Waals surface area contributed by atoms with Gasteiger partial charge in [-0.25, -0.2) is 4.79 Å². The van der Waals surface area contributed by atoms with Gasteiger partial charge in [0, 0.05) is 12.3 Å². The topological polar surface area (TPSA) is 158 Å². The van der Waals surface area contributed by atoms with Gasteiger partial charge in [0.15, 0.2) is 6.23 Å². The minimum atomic E-state index is -1.11. The summed E-state index contributed by atoms with van der Waals surface area (Å²) in [5.41, 5.74) is 7.16. The molecule has 1 aliphatic heterocycles. The monoisotopic (exact) mass is 372 g/mol. The van der Waals surface area contributed by atoms with E-state index >= 15 is 0 Å². The second-order valence-electron chi connectivity index (χ2n) is 6.29. The summed E-state index contributed by atoms with van der Waals surface area (Å²) in [5, 5.41) is 10.2. The van der Waals surface area contributed by atoms with E-state index in [1.165, 1.54) is 6.20 Å². The number of aromatic amines is 1. The van der Waals surface area contributed by atoms with Crippen LogP contribution in [0.3, 0.4) is 0 Å². The van der Waals surface area contributed by atoms with E-state index in [2.05, 4.69) is 10.5 Å². The van der Waals surface area contributed by atoms with Crippen LogP contribution in [0.2, 0.25) is 0 Å². The minimum absolute atomic E-state index is 0.122. The summed E-state index contributed by atoms with van der Waals surface area (Å²) in [4.78, 5) is 41.9. The lowest BCUT2D eigenvalue weighted by Gasteiger charge is -2.18. The molecule has 2 heterocycles. The third-order valence-corrected chi connectivity index (χ3v) is 3.76. The smallest absolute Gasteiger partial charge is 0.330 e. The van der Waals surface area contributed by atoms with Crippen molar-refractivity contribution in [2.75, 3.05) is 6.61 Å². The van der Waals surface area contributed by atoms with E-state index < -0.39 is 47.7 Å². The number of carbonyl (C=O) groups is 1. The van der Waals surface area contributed by atoms with E-state index in [-0.39, 0.29) is 12.7 Å². The van der Waals surface area contributed by atoms with E-state index in [9.17, 15) is 19.5 Å². The predicted octanol–water partition coefficient (Wildman–Crippen LogP) is -2.02. The SMILES string of the molecule is CC(C)OC(=O)[C@H](C)NOC[C@H]1O[C@@H](n2ccc(=O)[nH]c2=O)[C@H](N)[C@@H]1O. The molecule has 11 heteroatoms. The van der Waals surface area contributed by atoms with E-state index in [1.807, 2.05) is 0 Å². The highest BCUT2D eigenvalue weighted by Crippen LogP contribution is 2.26. The van der Waals surface area contributed by atoms with Gasteiger partial charge in [0.2, 0.25) is 0 Å². The van der Waals surface area contributed by atoms with E-state index in [0.29, 0.717) is 0 Å². The Labute approximate surface area is 149 Å². The molecule has 2 rings (SSSR count). The summed E-state index contributed by atoms with van der Waals surface area (Å²) in [6.45, 7) is 4.90. The molecule has 11 nitrogen and oxygen atoms in total. The maximum absolute atomic E-state index is 11.8. The average Bonchev–Trinajstić information content (AvgIpc) is 2.82. The molecular formula is C15H24N4O7. The highest BCUT2D eigenvalue weighted by Gasteiger charge is 2.43. The molecule has 0 amide bonds. The van der Waals surface area contributed by atoms with Gasteiger partial charge in [-0.15, -0.1) is 0 Å². The fraction of sp³-hybridized carbons (Fsp3) is 0.667. The molecular weight excluding hydrogens is 348 g/mol. The Morgan fingerprint density at radius 2 is 2.15 bits per heavy atom. The average molecular weight is 372 g/mol. The number of nitrogens with zero attached hydrogens (tertiary/aromatic N) is 1. The lowest BCUT2D eigenvalue weighted by Crippen LogP contribution is -2.43. The molecule has 1 aromatic heterocycles. The van der Waals surface area contributed by atoms with Crippen molar-refractivity contribution in [3.05, 3.63) is 33.1 Å². The summed E-state index contributed by atoms with van der Waals surface area (Å²) in [7, 11) is 0. The van der Waals surface area contributed by atoms with Crippen LogP contribution >= 0.6 is 0 Å². The number of aliphatic hydroxyl groups excluding tert-OH is 1. The van der Waals surface area contributed by atoms with Crippen molar-refractivity contribution in [1.82, 2.24) is 15.0 Å². The van der Waals surface area contributed by atoms with Crippen molar-refractivity contribution in [2.45, 2.75) is 57.4 Å². The molecule has 0 aromatic carbocycles. The van der Waals surface area contributed by atoms with Crippen molar-refractivity contribution < 1.29 is 24.2 Å².